The normalized spacial score (nSPS) is 10.1. The first-order valence-electron chi connectivity index (χ1n) is 4.67. The Morgan fingerprint density at radius 3 is 2.80 bits per heavy atom. The summed E-state index contributed by atoms with van der Waals surface area (Å²) in [5.74, 6) is 0.585. The zero-order valence-corrected chi connectivity index (χ0v) is 8.08. The van der Waals surface area contributed by atoms with Gasteiger partial charge >= 0.3 is 0 Å². The van der Waals surface area contributed by atoms with Crippen molar-refractivity contribution >= 4 is 6.29 Å². The summed E-state index contributed by atoms with van der Waals surface area (Å²) in [4.78, 5) is 11.6. The second kappa shape index (κ2) is 4.45. The third kappa shape index (κ3) is 2.25. The molecule has 2 rings (SSSR count). The van der Waals surface area contributed by atoms with Crippen LogP contribution in [-0.2, 0) is 11.3 Å². The van der Waals surface area contributed by atoms with E-state index in [-0.39, 0.29) is 0 Å². The fourth-order valence-corrected chi connectivity index (χ4v) is 1.21. The fourth-order valence-electron chi connectivity index (χ4n) is 1.21. The summed E-state index contributed by atoms with van der Waals surface area (Å²) in [5, 5.41) is 11.9. The molecular formula is C10H10N4O. The van der Waals surface area contributed by atoms with Crippen molar-refractivity contribution in [1.82, 2.24) is 20.2 Å². The summed E-state index contributed by atoms with van der Waals surface area (Å²) in [6.07, 6.45) is 1.25. The highest BCUT2D eigenvalue weighted by molar-refractivity contribution is 5.53. The molecule has 0 aliphatic carbocycles. The highest BCUT2D eigenvalue weighted by Gasteiger charge is 2.03. The molecule has 5 nitrogen and oxygen atoms in total. The Morgan fingerprint density at radius 1 is 1.27 bits per heavy atom. The predicted molar refractivity (Wildman–Crippen MR) is 53.9 cm³/mol. The highest BCUT2D eigenvalue weighted by Crippen LogP contribution is 2.11. The molecule has 1 aromatic heterocycles. The van der Waals surface area contributed by atoms with Gasteiger partial charge in [0.1, 0.15) is 6.29 Å². The van der Waals surface area contributed by atoms with Crippen LogP contribution in [0.2, 0.25) is 0 Å². The number of aryl methyl sites for hydroxylation is 1. The minimum Gasteiger partial charge on any atom is -0.303 e. The molecule has 0 radical (unpaired) electrons. The van der Waals surface area contributed by atoms with Crippen LogP contribution >= 0.6 is 0 Å². The van der Waals surface area contributed by atoms with E-state index in [1.807, 2.05) is 30.3 Å². The molecule has 76 valence electrons. The lowest BCUT2D eigenvalue weighted by Gasteiger charge is -1.92. The van der Waals surface area contributed by atoms with Crippen molar-refractivity contribution in [3.05, 3.63) is 30.3 Å². The van der Waals surface area contributed by atoms with E-state index in [2.05, 4.69) is 15.4 Å². The summed E-state index contributed by atoms with van der Waals surface area (Å²) in [6.45, 7) is 0.476. The van der Waals surface area contributed by atoms with Crippen LogP contribution in [0, 0.1) is 0 Å². The minimum absolute atomic E-state index is 0.407. The lowest BCUT2D eigenvalue weighted by Crippen LogP contribution is -2.02. The van der Waals surface area contributed by atoms with Gasteiger partial charge in [0, 0.05) is 12.0 Å². The molecule has 0 saturated heterocycles. The second-order valence-corrected chi connectivity index (χ2v) is 3.03. The van der Waals surface area contributed by atoms with Crippen LogP contribution in [-0.4, -0.2) is 26.5 Å². The monoisotopic (exact) mass is 202 g/mol. The van der Waals surface area contributed by atoms with Gasteiger partial charge in [0.05, 0.1) is 6.54 Å². The average Bonchev–Trinajstić information content (AvgIpc) is 2.76. The molecule has 1 heterocycles. The van der Waals surface area contributed by atoms with Crippen molar-refractivity contribution in [2.24, 2.45) is 0 Å². The van der Waals surface area contributed by atoms with Crippen LogP contribution in [0.3, 0.4) is 0 Å². The summed E-state index contributed by atoms with van der Waals surface area (Å²) in [6, 6.07) is 9.60. The van der Waals surface area contributed by atoms with Gasteiger partial charge in [-0.15, -0.1) is 10.2 Å². The molecule has 0 unspecified atom stereocenters. The third-order valence-corrected chi connectivity index (χ3v) is 1.93. The van der Waals surface area contributed by atoms with Gasteiger partial charge in [0.15, 0.2) is 0 Å². The van der Waals surface area contributed by atoms with Crippen molar-refractivity contribution < 1.29 is 4.79 Å². The van der Waals surface area contributed by atoms with Crippen molar-refractivity contribution in [2.75, 3.05) is 0 Å². The van der Waals surface area contributed by atoms with Crippen molar-refractivity contribution in [3.8, 4) is 11.4 Å². The van der Waals surface area contributed by atoms with Gasteiger partial charge in [0.25, 0.3) is 0 Å². The van der Waals surface area contributed by atoms with Crippen molar-refractivity contribution in [2.45, 2.75) is 13.0 Å². The maximum absolute atomic E-state index is 10.2. The number of tetrazole rings is 1. The molecular weight excluding hydrogens is 192 g/mol. The van der Waals surface area contributed by atoms with Crippen molar-refractivity contribution in [1.29, 1.82) is 0 Å². The number of benzene rings is 1. The Morgan fingerprint density at radius 2 is 2.07 bits per heavy atom. The Bertz CT molecular complexity index is 438. The largest absolute Gasteiger partial charge is 0.303 e. The summed E-state index contributed by atoms with van der Waals surface area (Å²) < 4.78 is 0. The van der Waals surface area contributed by atoms with E-state index in [9.17, 15) is 4.79 Å². The Hall–Kier alpha value is -2.04. The van der Waals surface area contributed by atoms with E-state index in [1.165, 1.54) is 4.80 Å². The summed E-state index contributed by atoms with van der Waals surface area (Å²) in [5.41, 5.74) is 0.926. The van der Waals surface area contributed by atoms with Gasteiger partial charge in [-0.25, -0.2) is 0 Å². The van der Waals surface area contributed by atoms with E-state index in [1.54, 1.807) is 0 Å². The quantitative estimate of drug-likeness (QED) is 0.692. The Balaban J connectivity index is 2.17. The van der Waals surface area contributed by atoms with E-state index >= 15 is 0 Å². The molecule has 2 aromatic rings. The topological polar surface area (TPSA) is 60.7 Å². The van der Waals surface area contributed by atoms with Crippen molar-refractivity contribution in [3.63, 3.8) is 0 Å². The number of carbonyl (C=O) groups is 1. The minimum atomic E-state index is 0.407. The van der Waals surface area contributed by atoms with Gasteiger partial charge in [0.2, 0.25) is 5.82 Å². The van der Waals surface area contributed by atoms with Gasteiger partial charge in [-0.05, 0) is 5.21 Å². The van der Waals surface area contributed by atoms with E-state index in [4.69, 9.17) is 0 Å². The fraction of sp³-hybridized carbons (Fsp3) is 0.200. The first-order chi connectivity index (χ1) is 7.40. The second-order valence-electron chi connectivity index (χ2n) is 3.03. The Kier molecular flexibility index (Phi) is 2.82. The van der Waals surface area contributed by atoms with Gasteiger partial charge in [-0.2, -0.15) is 4.80 Å². The molecule has 0 amide bonds. The molecule has 0 atom stereocenters. The molecule has 0 fully saturated rings. The third-order valence-electron chi connectivity index (χ3n) is 1.93. The molecule has 0 aliphatic rings. The SMILES string of the molecule is O=CCCn1nnc(-c2ccccc2)n1. The van der Waals surface area contributed by atoms with Crippen LogP contribution in [0.25, 0.3) is 11.4 Å². The van der Waals surface area contributed by atoms with Crippen LogP contribution in [0.15, 0.2) is 30.3 Å². The van der Waals surface area contributed by atoms with Crippen LogP contribution < -0.4 is 0 Å². The number of aldehydes is 1. The van der Waals surface area contributed by atoms with Gasteiger partial charge in [-0.3, -0.25) is 0 Å². The van der Waals surface area contributed by atoms with E-state index < -0.39 is 0 Å². The summed E-state index contributed by atoms with van der Waals surface area (Å²) >= 11 is 0. The maximum Gasteiger partial charge on any atom is 0.204 e. The maximum atomic E-state index is 10.2. The molecule has 0 aliphatic heterocycles. The number of hydrogen-bond donors (Lipinski definition) is 0. The molecule has 0 bridgehead atoms. The zero-order chi connectivity index (χ0) is 10.5. The van der Waals surface area contributed by atoms with Gasteiger partial charge < -0.3 is 4.79 Å². The molecule has 0 saturated carbocycles. The van der Waals surface area contributed by atoms with E-state index in [0.29, 0.717) is 18.8 Å². The number of rotatable bonds is 4. The number of carbonyl (C=O) groups excluding carboxylic acids is 1. The molecule has 5 heteroatoms. The molecule has 15 heavy (non-hydrogen) atoms. The zero-order valence-electron chi connectivity index (χ0n) is 8.08. The number of nitrogens with zero attached hydrogens (tertiary/aromatic N) is 4. The highest BCUT2D eigenvalue weighted by atomic mass is 16.1. The number of aromatic nitrogens is 4. The summed E-state index contributed by atoms with van der Waals surface area (Å²) in [7, 11) is 0. The standard InChI is InChI=1S/C10H10N4O/c15-8-4-7-14-12-10(11-13-14)9-5-2-1-3-6-9/h1-3,5-6,8H,4,7H2. The van der Waals surface area contributed by atoms with Gasteiger partial charge in [-0.1, -0.05) is 30.3 Å². The molecule has 0 N–H and O–H groups in total. The van der Waals surface area contributed by atoms with E-state index in [0.717, 1.165) is 11.8 Å². The smallest absolute Gasteiger partial charge is 0.204 e. The Labute approximate surface area is 86.7 Å². The lowest BCUT2D eigenvalue weighted by molar-refractivity contribution is -0.108. The van der Waals surface area contributed by atoms with Crippen LogP contribution in [0.1, 0.15) is 6.42 Å². The lowest BCUT2D eigenvalue weighted by atomic mass is 10.2. The number of hydrogen-bond acceptors (Lipinski definition) is 4. The molecule has 0 spiro atoms. The predicted octanol–water partition coefficient (Wildman–Crippen LogP) is 0.929. The van der Waals surface area contributed by atoms with Crippen LogP contribution in [0.4, 0.5) is 0 Å². The first-order valence-corrected chi connectivity index (χ1v) is 4.67. The first kappa shape index (κ1) is 9.51. The average molecular weight is 202 g/mol. The molecule has 1 aromatic carbocycles. The van der Waals surface area contributed by atoms with Crippen LogP contribution in [0.5, 0.6) is 0 Å².